The predicted molar refractivity (Wildman–Crippen MR) is 84.1 cm³/mol. The fraction of sp³-hybridized carbons (Fsp3) is 0.333. The molecule has 7 heteroatoms. The molecule has 2 N–H and O–H groups in total. The summed E-state index contributed by atoms with van der Waals surface area (Å²) in [4.78, 5) is 17.2. The van der Waals surface area contributed by atoms with Crippen molar-refractivity contribution >= 4 is 11.8 Å². The van der Waals surface area contributed by atoms with E-state index in [1.165, 1.54) is 6.20 Å². The van der Waals surface area contributed by atoms with E-state index >= 15 is 0 Å². The van der Waals surface area contributed by atoms with Crippen molar-refractivity contribution < 1.29 is 0 Å². The second-order valence-corrected chi connectivity index (χ2v) is 5.33. The topological polar surface area (TPSA) is 95.0 Å². The van der Waals surface area contributed by atoms with Crippen LogP contribution in [-0.2, 0) is 0 Å². The summed E-state index contributed by atoms with van der Waals surface area (Å²) in [6.45, 7) is 3.79. The first-order valence-corrected chi connectivity index (χ1v) is 7.09. The Morgan fingerprint density at radius 3 is 2.64 bits per heavy atom. The molecule has 1 saturated heterocycles. The maximum Gasteiger partial charge on any atom is 0.222 e. The van der Waals surface area contributed by atoms with Crippen LogP contribution in [0.5, 0.6) is 0 Å². The zero-order valence-corrected chi connectivity index (χ0v) is 12.4. The SMILES string of the molecule is CN1CCN(c2cc(-c3cncc(C#N)c3)nc(N)n2)CC1. The third kappa shape index (κ3) is 2.97. The Hall–Kier alpha value is -2.72. The number of piperazine rings is 1. The lowest BCUT2D eigenvalue weighted by Gasteiger charge is -2.33. The molecule has 0 bridgehead atoms. The van der Waals surface area contributed by atoms with Crippen molar-refractivity contribution in [3.63, 3.8) is 0 Å². The Morgan fingerprint density at radius 1 is 1.14 bits per heavy atom. The molecule has 1 aliphatic rings. The van der Waals surface area contributed by atoms with E-state index in [0.29, 0.717) is 11.3 Å². The molecule has 112 valence electrons. The van der Waals surface area contributed by atoms with E-state index in [2.05, 4.69) is 37.9 Å². The van der Waals surface area contributed by atoms with Gasteiger partial charge in [-0.15, -0.1) is 0 Å². The zero-order valence-electron chi connectivity index (χ0n) is 12.4. The maximum absolute atomic E-state index is 8.99. The largest absolute Gasteiger partial charge is 0.368 e. The summed E-state index contributed by atoms with van der Waals surface area (Å²) in [5.41, 5.74) is 7.81. The second-order valence-electron chi connectivity index (χ2n) is 5.33. The number of nitrogen functional groups attached to an aromatic ring is 1. The van der Waals surface area contributed by atoms with Crippen molar-refractivity contribution in [1.82, 2.24) is 19.9 Å². The summed E-state index contributed by atoms with van der Waals surface area (Å²) in [6, 6.07) is 5.74. The number of pyridine rings is 1. The van der Waals surface area contributed by atoms with E-state index in [-0.39, 0.29) is 5.95 Å². The molecule has 0 saturated carbocycles. The highest BCUT2D eigenvalue weighted by molar-refractivity contribution is 5.65. The third-order valence-electron chi connectivity index (χ3n) is 3.72. The first kappa shape index (κ1) is 14.2. The van der Waals surface area contributed by atoms with Gasteiger partial charge in [0.1, 0.15) is 11.9 Å². The molecule has 2 aromatic heterocycles. The van der Waals surface area contributed by atoms with E-state index in [4.69, 9.17) is 11.0 Å². The van der Waals surface area contributed by atoms with Gasteiger partial charge in [0.15, 0.2) is 0 Å². The monoisotopic (exact) mass is 295 g/mol. The second kappa shape index (κ2) is 5.95. The molecule has 0 amide bonds. The molecular formula is C15H17N7. The molecular weight excluding hydrogens is 278 g/mol. The van der Waals surface area contributed by atoms with Gasteiger partial charge in [0.25, 0.3) is 0 Å². The van der Waals surface area contributed by atoms with Gasteiger partial charge in [-0.2, -0.15) is 10.2 Å². The van der Waals surface area contributed by atoms with Gasteiger partial charge in [0.05, 0.1) is 11.3 Å². The summed E-state index contributed by atoms with van der Waals surface area (Å²) in [7, 11) is 2.11. The lowest BCUT2D eigenvalue weighted by atomic mass is 10.1. The summed E-state index contributed by atoms with van der Waals surface area (Å²) in [5, 5.41) is 8.99. The number of aromatic nitrogens is 3. The van der Waals surface area contributed by atoms with Gasteiger partial charge in [0, 0.05) is 50.2 Å². The Bertz CT molecular complexity index is 714. The van der Waals surface area contributed by atoms with Gasteiger partial charge in [0.2, 0.25) is 5.95 Å². The molecule has 7 nitrogen and oxygen atoms in total. The van der Waals surface area contributed by atoms with Crippen molar-refractivity contribution in [3.05, 3.63) is 30.1 Å². The minimum Gasteiger partial charge on any atom is -0.368 e. The van der Waals surface area contributed by atoms with Crippen molar-refractivity contribution in [3.8, 4) is 17.3 Å². The van der Waals surface area contributed by atoms with Gasteiger partial charge in [-0.05, 0) is 13.1 Å². The van der Waals surface area contributed by atoms with E-state index in [0.717, 1.165) is 37.6 Å². The van der Waals surface area contributed by atoms with Gasteiger partial charge in [-0.3, -0.25) is 4.98 Å². The van der Waals surface area contributed by atoms with Crippen LogP contribution in [0.1, 0.15) is 5.56 Å². The Morgan fingerprint density at radius 2 is 1.91 bits per heavy atom. The van der Waals surface area contributed by atoms with Crippen molar-refractivity contribution in [2.75, 3.05) is 43.9 Å². The highest BCUT2D eigenvalue weighted by atomic mass is 15.3. The maximum atomic E-state index is 8.99. The molecule has 3 heterocycles. The average Bonchev–Trinajstić information content (AvgIpc) is 2.55. The van der Waals surface area contributed by atoms with Gasteiger partial charge in [-0.1, -0.05) is 0 Å². The molecule has 0 atom stereocenters. The van der Waals surface area contributed by atoms with Gasteiger partial charge >= 0.3 is 0 Å². The number of rotatable bonds is 2. The van der Waals surface area contributed by atoms with Crippen LogP contribution in [0.15, 0.2) is 24.5 Å². The summed E-state index contributed by atoms with van der Waals surface area (Å²) >= 11 is 0. The molecule has 0 aliphatic carbocycles. The molecule has 1 fully saturated rings. The average molecular weight is 295 g/mol. The van der Waals surface area contributed by atoms with Gasteiger partial charge < -0.3 is 15.5 Å². The first-order chi connectivity index (χ1) is 10.7. The highest BCUT2D eigenvalue weighted by Gasteiger charge is 2.17. The zero-order chi connectivity index (χ0) is 15.5. The number of hydrogen-bond donors (Lipinski definition) is 1. The number of anilines is 2. The Labute approximate surface area is 129 Å². The minimum atomic E-state index is 0.230. The van der Waals surface area contributed by atoms with E-state index < -0.39 is 0 Å². The summed E-state index contributed by atoms with van der Waals surface area (Å²) in [6.07, 6.45) is 3.20. The minimum absolute atomic E-state index is 0.230. The first-order valence-electron chi connectivity index (χ1n) is 7.09. The number of hydrogen-bond acceptors (Lipinski definition) is 7. The molecule has 22 heavy (non-hydrogen) atoms. The number of nitrogens with two attached hydrogens (primary N) is 1. The smallest absolute Gasteiger partial charge is 0.222 e. The van der Waals surface area contributed by atoms with Crippen LogP contribution in [-0.4, -0.2) is 53.1 Å². The fourth-order valence-corrected chi connectivity index (χ4v) is 2.44. The van der Waals surface area contributed by atoms with Crippen LogP contribution < -0.4 is 10.6 Å². The number of nitriles is 1. The van der Waals surface area contributed by atoms with Crippen LogP contribution in [0.25, 0.3) is 11.3 Å². The van der Waals surface area contributed by atoms with Crippen LogP contribution >= 0.6 is 0 Å². The predicted octanol–water partition coefficient (Wildman–Crippen LogP) is 0.744. The van der Waals surface area contributed by atoms with E-state index in [9.17, 15) is 0 Å². The van der Waals surface area contributed by atoms with Gasteiger partial charge in [-0.25, -0.2) is 4.98 Å². The van der Waals surface area contributed by atoms with Crippen LogP contribution in [0.4, 0.5) is 11.8 Å². The quantitative estimate of drug-likeness (QED) is 0.873. The van der Waals surface area contributed by atoms with Crippen LogP contribution in [0, 0.1) is 11.3 Å². The molecule has 1 aliphatic heterocycles. The molecule has 3 rings (SSSR count). The molecule has 0 spiro atoms. The van der Waals surface area contributed by atoms with Crippen molar-refractivity contribution in [1.29, 1.82) is 5.26 Å². The number of likely N-dealkylation sites (N-methyl/N-ethyl adjacent to an activating group) is 1. The Kier molecular flexibility index (Phi) is 3.85. The molecule has 0 unspecified atom stereocenters. The number of nitrogens with zero attached hydrogens (tertiary/aromatic N) is 6. The lowest BCUT2D eigenvalue weighted by molar-refractivity contribution is 0.312. The standard InChI is InChI=1S/C15H17N7/c1-21-2-4-22(5-3-21)14-7-13(19-15(17)20-14)12-6-11(8-16)9-18-10-12/h6-7,9-10H,2-5H2,1H3,(H2,17,19,20). The highest BCUT2D eigenvalue weighted by Crippen LogP contribution is 2.23. The lowest BCUT2D eigenvalue weighted by Crippen LogP contribution is -2.44. The van der Waals surface area contributed by atoms with E-state index in [1.54, 1.807) is 12.3 Å². The molecule has 0 aromatic carbocycles. The van der Waals surface area contributed by atoms with Crippen molar-refractivity contribution in [2.45, 2.75) is 0 Å². The van der Waals surface area contributed by atoms with E-state index in [1.807, 2.05) is 6.07 Å². The third-order valence-corrected chi connectivity index (χ3v) is 3.72. The summed E-state index contributed by atoms with van der Waals surface area (Å²) < 4.78 is 0. The normalized spacial score (nSPS) is 15.5. The fourth-order valence-electron chi connectivity index (χ4n) is 2.44. The van der Waals surface area contributed by atoms with Crippen LogP contribution in [0.2, 0.25) is 0 Å². The molecule has 0 radical (unpaired) electrons. The Balaban J connectivity index is 1.94. The molecule has 2 aromatic rings. The van der Waals surface area contributed by atoms with Crippen molar-refractivity contribution in [2.24, 2.45) is 0 Å². The summed E-state index contributed by atoms with van der Waals surface area (Å²) in [5.74, 6) is 1.05. The van der Waals surface area contributed by atoms with Crippen LogP contribution in [0.3, 0.4) is 0 Å².